The molecule has 0 spiro atoms. The topological polar surface area (TPSA) is 77.0 Å². The van der Waals surface area contributed by atoms with Crippen molar-refractivity contribution < 1.29 is 15.6 Å². The summed E-state index contributed by atoms with van der Waals surface area (Å²) in [7, 11) is 0. The van der Waals surface area contributed by atoms with E-state index in [1.54, 1.807) is 24.3 Å². The predicted octanol–water partition coefficient (Wildman–Crippen LogP) is 2.34. The van der Waals surface area contributed by atoms with E-state index in [0.717, 1.165) is 22.0 Å². The van der Waals surface area contributed by atoms with Crippen molar-refractivity contribution in [2.24, 2.45) is 0 Å². The van der Waals surface area contributed by atoms with Crippen LogP contribution in [0.2, 0.25) is 0 Å². The molecular weight excluding hydrogens is 288 g/mol. The van der Waals surface area contributed by atoms with Gasteiger partial charge in [0.05, 0.1) is 0 Å². The number of nitrogens with one attached hydrogen (secondary N) is 1. The highest BCUT2D eigenvalue weighted by Crippen LogP contribution is 2.19. The van der Waals surface area contributed by atoms with E-state index in [0.29, 0.717) is 6.42 Å². The maximum absolute atomic E-state index is 12.3. The van der Waals surface area contributed by atoms with Gasteiger partial charge in [-0.25, -0.2) is 0 Å². The third kappa shape index (κ3) is 3.67. The summed E-state index contributed by atoms with van der Waals surface area (Å²) in [5.74, 6) is 0.100. The zero-order valence-corrected chi connectivity index (χ0v) is 12.7. The molecule has 0 bridgehead atoms. The van der Waals surface area contributed by atoms with Gasteiger partial charge in [-0.3, -0.25) is 4.79 Å². The van der Waals surface area contributed by atoms with Gasteiger partial charge >= 0.3 is 0 Å². The Labute approximate surface area is 134 Å². The minimum absolute atomic E-state index is 0.117. The van der Waals surface area contributed by atoms with Crippen LogP contribution in [0.3, 0.4) is 0 Å². The smallest absolute Gasteiger partial charge is 0.282 e. The van der Waals surface area contributed by atoms with Crippen molar-refractivity contribution in [2.75, 3.05) is 5.32 Å². The standard InChI is InChI=1S/C19H18N2O2/c20-18(11-13-5-9-17(22)10-6-13)19(23)21-16-8-7-14-3-1-2-4-15(14)12-16/h1-10,12,18,22H,11,20H2,(H,21,23)/p+1/t18-/m0/s1. The second-order valence-electron chi connectivity index (χ2n) is 5.62. The van der Waals surface area contributed by atoms with Crippen LogP contribution < -0.4 is 11.1 Å². The van der Waals surface area contributed by atoms with Gasteiger partial charge in [-0.15, -0.1) is 0 Å². The van der Waals surface area contributed by atoms with Crippen LogP contribution in [0.15, 0.2) is 66.7 Å². The van der Waals surface area contributed by atoms with Crippen LogP contribution in [0.1, 0.15) is 5.56 Å². The number of benzene rings is 3. The van der Waals surface area contributed by atoms with Crippen molar-refractivity contribution in [1.82, 2.24) is 0 Å². The van der Waals surface area contributed by atoms with E-state index in [9.17, 15) is 9.90 Å². The van der Waals surface area contributed by atoms with E-state index < -0.39 is 6.04 Å². The molecule has 0 aromatic heterocycles. The number of anilines is 1. The quantitative estimate of drug-likeness (QED) is 0.692. The van der Waals surface area contributed by atoms with Gasteiger partial charge in [0.2, 0.25) is 0 Å². The van der Waals surface area contributed by atoms with Gasteiger partial charge in [-0.1, -0.05) is 42.5 Å². The number of fused-ring (bicyclic) bond motifs is 1. The molecule has 4 nitrogen and oxygen atoms in total. The highest BCUT2D eigenvalue weighted by molar-refractivity contribution is 5.96. The van der Waals surface area contributed by atoms with Crippen LogP contribution in [0, 0.1) is 0 Å². The van der Waals surface area contributed by atoms with Gasteiger partial charge in [-0.05, 0) is 40.6 Å². The monoisotopic (exact) mass is 307 g/mol. The van der Waals surface area contributed by atoms with Gasteiger partial charge in [0.25, 0.3) is 5.91 Å². The molecule has 0 unspecified atom stereocenters. The summed E-state index contributed by atoms with van der Waals surface area (Å²) in [4.78, 5) is 12.3. The van der Waals surface area contributed by atoms with Crippen LogP contribution in [0.5, 0.6) is 5.75 Å². The third-order valence-corrected chi connectivity index (χ3v) is 3.81. The molecule has 0 saturated carbocycles. The summed E-state index contributed by atoms with van der Waals surface area (Å²) >= 11 is 0. The molecule has 3 rings (SSSR count). The van der Waals surface area contributed by atoms with Gasteiger partial charge in [0.15, 0.2) is 6.04 Å². The third-order valence-electron chi connectivity index (χ3n) is 3.81. The van der Waals surface area contributed by atoms with Crippen molar-refractivity contribution >= 4 is 22.4 Å². The van der Waals surface area contributed by atoms with Crippen molar-refractivity contribution in [3.63, 3.8) is 0 Å². The molecule has 3 aromatic rings. The zero-order chi connectivity index (χ0) is 16.2. The van der Waals surface area contributed by atoms with Gasteiger partial charge < -0.3 is 16.2 Å². The van der Waals surface area contributed by atoms with Crippen LogP contribution in [0.4, 0.5) is 5.69 Å². The molecule has 1 atom stereocenters. The lowest BCUT2D eigenvalue weighted by Gasteiger charge is -2.10. The number of hydrogen-bond acceptors (Lipinski definition) is 2. The molecule has 0 aliphatic heterocycles. The molecule has 1 amide bonds. The molecule has 5 N–H and O–H groups in total. The molecule has 0 saturated heterocycles. The van der Waals surface area contributed by atoms with E-state index in [1.165, 1.54) is 0 Å². The number of aromatic hydroxyl groups is 1. The Morgan fingerprint density at radius 2 is 1.70 bits per heavy atom. The minimum atomic E-state index is -0.397. The Balaban J connectivity index is 1.68. The van der Waals surface area contributed by atoms with Crippen molar-refractivity contribution in [2.45, 2.75) is 12.5 Å². The molecule has 116 valence electrons. The highest BCUT2D eigenvalue weighted by atomic mass is 16.3. The van der Waals surface area contributed by atoms with Crippen LogP contribution in [-0.4, -0.2) is 17.1 Å². The zero-order valence-electron chi connectivity index (χ0n) is 12.7. The molecule has 4 heteroatoms. The number of hydrogen-bond donors (Lipinski definition) is 3. The van der Waals surface area contributed by atoms with Gasteiger partial charge in [0, 0.05) is 12.1 Å². The predicted molar refractivity (Wildman–Crippen MR) is 91.1 cm³/mol. The molecule has 23 heavy (non-hydrogen) atoms. The van der Waals surface area contributed by atoms with E-state index >= 15 is 0 Å². The maximum atomic E-state index is 12.3. The molecule has 0 fully saturated rings. The lowest BCUT2D eigenvalue weighted by Crippen LogP contribution is -2.67. The first-order valence-electron chi connectivity index (χ1n) is 7.52. The fraction of sp³-hybridized carbons (Fsp3) is 0.105. The number of amides is 1. The second-order valence-corrected chi connectivity index (χ2v) is 5.62. The number of rotatable bonds is 4. The number of carbonyl (C=O) groups is 1. The Hall–Kier alpha value is -2.85. The lowest BCUT2D eigenvalue weighted by atomic mass is 10.1. The Bertz CT molecular complexity index is 828. The number of phenols is 1. The molecular formula is C19H19N2O2+. The average molecular weight is 307 g/mol. The van der Waals surface area contributed by atoms with Gasteiger partial charge in [0.1, 0.15) is 5.75 Å². The average Bonchev–Trinajstić information content (AvgIpc) is 2.56. The molecule has 3 aromatic carbocycles. The van der Waals surface area contributed by atoms with E-state index in [-0.39, 0.29) is 11.7 Å². The molecule has 0 aliphatic carbocycles. The Kier molecular flexibility index (Phi) is 4.26. The normalized spacial score (nSPS) is 12.0. The van der Waals surface area contributed by atoms with Crippen molar-refractivity contribution in [3.8, 4) is 5.75 Å². The molecule has 0 heterocycles. The SMILES string of the molecule is [NH3+][C@@H](Cc1ccc(O)cc1)C(=O)Nc1ccc2ccccc2c1. The van der Waals surface area contributed by atoms with E-state index in [1.807, 2.05) is 42.5 Å². The van der Waals surface area contributed by atoms with E-state index in [2.05, 4.69) is 11.1 Å². The van der Waals surface area contributed by atoms with Gasteiger partial charge in [-0.2, -0.15) is 0 Å². The highest BCUT2D eigenvalue weighted by Gasteiger charge is 2.18. The van der Waals surface area contributed by atoms with Crippen molar-refractivity contribution in [3.05, 3.63) is 72.3 Å². The summed E-state index contributed by atoms with van der Waals surface area (Å²) in [6.07, 6.45) is 0.527. The Morgan fingerprint density at radius 1 is 1.00 bits per heavy atom. The summed E-state index contributed by atoms with van der Waals surface area (Å²) in [6, 6.07) is 20.3. The molecule has 0 aliphatic rings. The van der Waals surface area contributed by atoms with Crippen molar-refractivity contribution in [1.29, 1.82) is 0 Å². The summed E-state index contributed by atoms with van der Waals surface area (Å²) in [5, 5.41) is 14.4. The first kappa shape index (κ1) is 15.1. The first-order chi connectivity index (χ1) is 11.1. The second kappa shape index (κ2) is 6.50. The fourth-order valence-electron chi connectivity index (χ4n) is 2.52. The van der Waals surface area contributed by atoms with Crippen LogP contribution in [-0.2, 0) is 11.2 Å². The largest absolute Gasteiger partial charge is 0.508 e. The fourth-order valence-corrected chi connectivity index (χ4v) is 2.52. The first-order valence-corrected chi connectivity index (χ1v) is 7.52. The number of carbonyl (C=O) groups excluding carboxylic acids is 1. The number of phenolic OH excluding ortho intramolecular Hbond substituents is 1. The van der Waals surface area contributed by atoms with Crippen LogP contribution in [0.25, 0.3) is 10.8 Å². The maximum Gasteiger partial charge on any atom is 0.282 e. The summed E-state index contributed by atoms with van der Waals surface area (Å²) < 4.78 is 0. The minimum Gasteiger partial charge on any atom is -0.508 e. The lowest BCUT2D eigenvalue weighted by molar-refractivity contribution is -0.402. The molecule has 0 radical (unpaired) electrons. The Morgan fingerprint density at radius 3 is 2.43 bits per heavy atom. The number of quaternary nitrogens is 1. The van der Waals surface area contributed by atoms with Crippen LogP contribution >= 0.6 is 0 Å². The summed E-state index contributed by atoms with van der Waals surface area (Å²) in [6.45, 7) is 0. The summed E-state index contributed by atoms with van der Waals surface area (Å²) in [5.41, 5.74) is 5.68. The van der Waals surface area contributed by atoms with E-state index in [4.69, 9.17) is 0 Å².